The third-order valence-electron chi connectivity index (χ3n) is 3.26. The minimum atomic E-state index is 0.474. The van der Waals surface area contributed by atoms with Crippen LogP contribution in [0.5, 0.6) is 11.5 Å². The average Bonchev–Trinajstić information content (AvgIpc) is 2.84. The highest BCUT2D eigenvalue weighted by Crippen LogP contribution is 2.42. The molecule has 0 radical (unpaired) electrons. The van der Waals surface area contributed by atoms with Crippen molar-refractivity contribution in [3.63, 3.8) is 0 Å². The maximum atomic E-state index is 6.33. The van der Waals surface area contributed by atoms with Crippen molar-refractivity contribution >= 4 is 27.5 Å². The van der Waals surface area contributed by atoms with Crippen LogP contribution in [0.3, 0.4) is 0 Å². The van der Waals surface area contributed by atoms with Gasteiger partial charge in [0, 0.05) is 16.6 Å². The molecule has 18 heavy (non-hydrogen) atoms. The summed E-state index contributed by atoms with van der Waals surface area (Å²) >= 11 is 9.77. The van der Waals surface area contributed by atoms with E-state index in [0.717, 1.165) is 28.8 Å². The molecule has 1 atom stereocenters. The Hall–Kier alpha value is -0.450. The van der Waals surface area contributed by atoms with Gasteiger partial charge < -0.3 is 14.8 Å². The second-order valence-corrected chi connectivity index (χ2v) is 5.64. The van der Waals surface area contributed by atoms with Crippen LogP contribution in [0.25, 0.3) is 0 Å². The summed E-state index contributed by atoms with van der Waals surface area (Å²) in [7, 11) is 3.28. The molecule has 3 nitrogen and oxygen atoms in total. The number of hydrogen-bond donors (Lipinski definition) is 1. The normalized spacial score (nSPS) is 19.0. The van der Waals surface area contributed by atoms with E-state index in [9.17, 15) is 0 Å². The lowest BCUT2D eigenvalue weighted by atomic mass is 10.0. The molecule has 1 aliphatic rings. The van der Waals surface area contributed by atoms with Crippen LogP contribution in [-0.2, 0) is 6.42 Å². The fourth-order valence-corrected chi connectivity index (χ4v) is 3.37. The van der Waals surface area contributed by atoms with Gasteiger partial charge in [-0.2, -0.15) is 0 Å². The second kappa shape index (κ2) is 6.13. The monoisotopic (exact) mass is 333 g/mol. The zero-order chi connectivity index (χ0) is 13.1. The fraction of sp³-hybridized carbons (Fsp3) is 0.538. The van der Waals surface area contributed by atoms with E-state index in [-0.39, 0.29) is 0 Å². The highest BCUT2D eigenvalue weighted by atomic mass is 79.9. The van der Waals surface area contributed by atoms with Crippen LogP contribution in [0.2, 0.25) is 5.02 Å². The van der Waals surface area contributed by atoms with Gasteiger partial charge in [-0.3, -0.25) is 0 Å². The van der Waals surface area contributed by atoms with Gasteiger partial charge in [0.2, 0.25) is 0 Å². The van der Waals surface area contributed by atoms with Crippen LogP contribution in [0.4, 0.5) is 0 Å². The van der Waals surface area contributed by atoms with E-state index in [1.54, 1.807) is 14.2 Å². The van der Waals surface area contributed by atoms with Crippen molar-refractivity contribution in [2.45, 2.75) is 25.3 Å². The summed E-state index contributed by atoms with van der Waals surface area (Å²) in [5.41, 5.74) is 1.01. The van der Waals surface area contributed by atoms with E-state index in [1.165, 1.54) is 12.8 Å². The van der Waals surface area contributed by atoms with E-state index in [1.807, 2.05) is 6.07 Å². The molecule has 100 valence electrons. The predicted octanol–water partition coefficient (Wildman–Crippen LogP) is 3.41. The van der Waals surface area contributed by atoms with Gasteiger partial charge in [-0.15, -0.1) is 0 Å². The molecule has 1 saturated heterocycles. The van der Waals surface area contributed by atoms with Gasteiger partial charge in [-0.1, -0.05) is 11.6 Å². The SMILES string of the molecule is COc1c(Br)cc(Cl)c(CC2CCCN2)c1OC. The van der Waals surface area contributed by atoms with Crippen LogP contribution in [0.15, 0.2) is 10.5 Å². The molecule has 0 aromatic heterocycles. The van der Waals surface area contributed by atoms with E-state index >= 15 is 0 Å². The molecule has 1 aromatic rings. The van der Waals surface area contributed by atoms with Crippen molar-refractivity contribution in [2.75, 3.05) is 20.8 Å². The minimum Gasteiger partial charge on any atom is -0.492 e. The van der Waals surface area contributed by atoms with Crippen LogP contribution in [-0.4, -0.2) is 26.8 Å². The van der Waals surface area contributed by atoms with Gasteiger partial charge in [-0.25, -0.2) is 0 Å². The lowest BCUT2D eigenvalue weighted by Gasteiger charge is -2.18. The highest BCUT2D eigenvalue weighted by Gasteiger charge is 2.22. The molecule has 0 spiro atoms. The molecule has 0 bridgehead atoms. The van der Waals surface area contributed by atoms with E-state index in [4.69, 9.17) is 21.1 Å². The molecule has 1 aliphatic heterocycles. The summed E-state index contributed by atoms with van der Waals surface area (Å²) in [5, 5.41) is 4.18. The minimum absolute atomic E-state index is 0.474. The van der Waals surface area contributed by atoms with Crippen molar-refractivity contribution in [1.82, 2.24) is 5.32 Å². The number of ether oxygens (including phenoxy) is 2. The van der Waals surface area contributed by atoms with E-state index in [0.29, 0.717) is 16.8 Å². The molecule has 2 rings (SSSR count). The number of rotatable bonds is 4. The third kappa shape index (κ3) is 2.76. The number of hydrogen-bond acceptors (Lipinski definition) is 3. The molecule has 1 aromatic carbocycles. The first-order valence-corrected chi connectivity index (χ1v) is 7.16. The summed E-state index contributed by atoms with van der Waals surface area (Å²) in [6.45, 7) is 1.08. The first-order valence-electron chi connectivity index (χ1n) is 5.99. The van der Waals surface area contributed by atoms with Crippen LogP contribution < -0.4 is 14.8 Å². The van der Waals surface area contributed by atoms with Gasteiger partial charge in [0.25, 0.3) is 0 Å². The van der Waals surface area contributed by atoms with Gasteiger partial charge in [0.15, 0.2) is 11.5 Å². The fourth-order valence-electron chi connectivity index (χ4n) is 2.39. The Morgan fingerprint density at radius 3 is 2.67 bits per heavy atom. The Labute approximate surface area is 121 Å². The predicted molar refractivity (Wildman–Crippen MR) is 77.0 cm³/mol. The Bertz CT molecular complexity index is 433. The maximum absolute atomic E-state index is 6.33. The number of halogens is 2. The second-order valence-electron chi connectivity index (χ2n) is 4.38. The standard InChI is InChI=1S/C13H17BrClNO2/c1-17-12-9(6-8-4-3-5-16-8)11(15)7-10(14)13(12)18-2/h7-8,16H,3-6H2,1-2H3. The Morgan fingerprint density at radius 2 is 2.11 bits per heavy atom. The van der Waals surface area contributed by atoms with E-state index in [2.05, 4.69) is 21.2 Å². The highest BCUT2D eigenvalue weighted by molar-refractivity contribution is 9.10. The molecule has 1 N–H and O–H groups in total. The molecular formula is C13H17BrClNO2. The van der Waals surface area contributed by atoms with Crippen LogP contribution >= 0.6 is 27.5 Å². The Kier molecular flexibility index (Phi) is 4.76. The van der Waals surface area contributed by atoms with Crippen molar-refractivity contribution < 1.29 is 9.47 Å². The van der Waals surface area contributed by atoms with Gasteiger partial charge in [-0.05, 0) is 47.8 Å². The zero-order valence-corrected chi connectivity index (χ0v) is 12.9. The van der Waals surface area contributed by atoms with Gasteiger partial charge >= 0.3 is 0 Å². The van der Waals surface area contributed by atoms with E-state index < -0.39 is 0 Å². The molecule has 0 aliphatic carbocycles. The molecular weight excluding hydrogens is 318 g/mol. The third-order valence-corrected chi connectivity index (χ3v) is 4.19. The van der Waals surface area contributed by atoms with Crippen molar-refractivity contribution in [3.8, 4) is 11.5 Å². The number of nitrogens with one attached hydrogen (secondary N) is 1. The summed E-state index contributed by atoms with van der Waals surface area (Å²) in [6, 6.07) is 2.34. The van der Waals surface area contributed by atoms with Gasteiger partial charge in [0.05, 0.1) is 18.7 Å². The lowest BCUT2D eigenvalue weighted by molar-refractivity contribution is 0.348. The number of benzene rings is 1. The summed E-state index contributed by atoms with van der Waals surface area (Å²) in [6.07, 6.45) is 3.27. The molecule has 0 saturated carbocycles. The number of methoxy groups -OCH3 is 2. The van der Waals surface area contributed by atoms with Crippen molar-refractivity contribution in [2.24, 2.45) is 0 Å². The van der Waals surface area contributed by atoms with Crippen LogP contribution in [0, 0.1) is 0 Å². The summed E-state index contributed by atoms with van der Waals surface area (Å²) in [5.74, 6) is 1.43. The Morgan fingerprint density at radius 1 is 1.39 bits per heavy atom. The largest absolute Gasteiger partial charge is 0.492 e. The summed E-state index contributed by atoms with van der Waals surface area (Å²) in [4.78, 5) is 0. The van der Waals surface area contributed by atoms with Crippen molar-refractivity contribution in [1.29, 1.82) is 0 Å². The molecule has 1 fully saturated rings. The lowest BCUT2D eigenvalue weighted by Crippen LogP contribution is -2.24. The average molecular weight is 335 g/mol. The molecule has 5 heteroatoms. The molecule has 1 unspecified atom stereocenters. The summed E-state index contributed by atoms with van der Waals surface area (Å²) < 4.78 is 11.7. The van der Waals surface area contributed by atoms with Crippen LogP contribution in [0.1, 0.15) is 18.4 Å². The molecule has 0 amide bonds. The molecule has 1 heterocycles. The maximum Gasteiger partial charge on any atom is 0.175 e. The Balaban J connectivity index is 2.37. The quantitative estimate of drug-likeness (QED) is 0.915. The van der Waals surface area contributed by atoms with Crippen molar-refractivity contribution in [3.05, 3.63) is 21.1 Å². The van der Waals surface area contributed by atoms with Gasteiger partial charge in [0.1, 0.15) is 0 Å². The smallest absolute Gasteiger partial charge is 0.175 e. The first-order chi connectivity index (χ1) is 8.67. The first kappa shape index (κ1) is 14.0. The zero-order valence-electron chi connectivity index (χ0n) is 10.6. The topological polar surface area (TPSA) is 30.5 Å².